The van der Waals surface area contributed by atoms with Gasteiger partial charge >= 0.3 is 6.18 Å². The van der Waals surface area contributed by atoms with E-state index in [2.05, 4.69) is 22.2 Å². The molecule has 3 aromatic rings. The number of thiophene rings is 1. The zero-order chi connectivity index (χ0) is 23.6. The Bertz CT molecular complexity index is 1160. The van der Waals surface area contributed by atoms with E-state index in [4.69, 9.17) is 10.8 Å². The van der Waals surface area contributed by atoms with Crippen LogP contribution in [0.25, 0.3) is 10.2 Å². The molecular weight excluding hydrogens is 451 g/mol. The Hall–Kier alpha value is -3.21. The van der Waals surface area contributed by atoms with E-state index in [-0.39, 0.29) is 25.5 Å². The molecule has 0 unspecified atom stereocenters. The summed E-state index contributed by atoms with van der Waals surface area (Å²) in [5, 5.41) is 19.6. The fraction of sp³-hybridized carbons (Fsp3) is 0.364. The van der Waals surface area contributed by atoms with Crippen LogP contribution in [-0.4, -0.2) is 52.3 Å². The van der Waals surface area contributed by atoms with Crippen LogP contribution in [0.1, 0.15) is 23.8 Å². The molecule has 0 amide bonds. The molecule has 4 rings (SSSR count). The molecule has 1 aromatic carbocycles. The van der Waals surface area contributed by atoms with Crippen molar-refractivity contribution in [2.75, 3.05) is 29.9 Å². The van der Waals surface area contributed by atoms with Crippen molar-refractivity contribution in [3.05, 3.63) is 46.8 Å². The molecule has 1 aliphatic heterocycles. The molecule has 0 aliphatic carbocycles. The normalized spacial score (nSPS) is 14.7. The van der Waals surface area contributed by atoms with E-state index >= 15 is 0 Å². The van der Waals surface area contributed by atoms with Gasteiger partial charge < -0.3 is 15.1 Å². The monoisotopic (exact) mass is 475 g/mol. The Morgan fingerprint density at radius 3 is 2.61 bits per heavy atom. The van der Waals surface area contributed by atoms with E-state index in [0.29, 0.717) is 23.2 Å². The van der Waals surface area contributed by atoms with E-state index in [1.54, 1.807) is 16.2 Å². The van der Waals surface area contributed by atoms with Crippen LogP contribution < -0.4 is 10.2 Å². The number of hydrogen-bond donors (Lipinski definition) is 3. The Morgan fingerprint density at radius 2 is 1.94 bits per heavy atom. The molecule has 0 saturated carbocycles. The van der Waals surface area contributed by atoms with E-state index in [0.717, 1.165) is 33.5 Å². The molecule has 1 fully saturated rings. The molecule has 174 valence electrons. The van der Waals surface area contributed by atoms with Gasteiger partial charge in [-0.3, -0.25) is 10.8 Å². The number of piperazine rings is 1. The minimum atomic E-state index is -4.78. The van der Waals surface area contributed by atoms with Gasteiger partial charge in [-0.25, -0.2) is 4.98 Å². The highest BCUT2D eigenvalue weighted by Crippen LogP contribution is 2.34. The summed E-state index contributed by atoms with van der Waals surface area (Å²) in [6.45, 7) is 2.67. The second-order valence-corrected chi connectivity index (χ2v) is 8.87. The van der Waals surface area contributed by atoms with Gasteiger partial charge in [0.1, 0.15) is 16.5 Å². The van der Waals surface area contributed by atoms with Gasteiger partial charge in [-0.05, 0) is 18.1 Å². The van der Waals surface area contributed by atoms with E-state index in [9.17, 15) is 13.2 Å². The summed E-state index contributed by atoms with van der Waals surface area (Å²) in [5.74, 6) is -0.760. The first-order valence-electron chi connectivity index (χ1n) is 10.6. The van der Waals surface area contributed by atoms with Crippen LogP contribution in [0.4, 0.5) is 24.9 Å². The topological polar surface area (TPSA) is 92.0 Å². The molecule has 0 spiro atoms. The van der Waals surface area contributed by atoms with Crippen molar-refractivity contribution in [2.45, 2.75) is 32.5 Å². The first-order chi connectivity index (χ1) is 15.8. The maximum atomic E-state index is 13.0. The van der Waals surface area contributed by atoms with Crippen molar-refractivity contribution in [3.8, 4) is 0 Å². The number of nitrogens with one attached hydrogen (secondary N) is 3. The van der Waals surface area contributed by atoms with Crippen LogP contribution in [-0.2, 0) is 13.0 Å². The second-order valence-electron chi connectivity index (χ2n) is 7.76. The number of amidine groups is 2. The standard InChI is InChI=1S/C22H24F3N7S/c1-2-6-15-11-16-18(31-9-10-32(17(26)13-31)20(27)22(23,24)25)29-21(30-19(16)33-15)28-12-14-7-4-3-5-8-14/h3-5,7-8,11,26-27H,2,6,9-10,12-13H2,1H3,(H,28,29,30). The third kappa shape index (κ3) is 5.08. The molecule has 3 N–H and O–H groups in total. The van der Waals surface area contributed by atoms with Crippen molar-refractivity contribution in [3.63, 3.8) is 0 Å². The van der Waals surface area contributed by atoms with Crippen LogP contribution in [0, 0.1) is 10.8 Å². The van der Waals surface area contributed by atoms with Gasteiger partial charge in [0.05, 0.1) is 11.9 Å². The van der Waals surface area contributed by atoms with Crippen LogP contribution in [0.2, 0.25) is 0 Å². The molecule has 11 heteroatoms. The highest BCUT2D eigenvalue weighted by molar-refractivity contribution is 7.18. The quantitative estimate of drug-likeness (QED) is 0.349. The highest BCUT2D eigenvalue weighted by atomic mass is 32.1. The average molecular weight is 476 g/mol. The summed E-state index contributed by atoms with van der Waals surface area (Å²) in [5.41, 5.74) is 1.07. The van der Waals surface area contributed by atoms with Gasteiger partial charge in [-0.2, -0.15) is 18.2 Å². The Kier molecular flexibility index (Phi) is 6.50. The highest BCUT2D eigenvalue weighted by Gasteiger charge is 2.41. The molecule has 33 heavy (non-hydrogen) atoms. The first kappa shape index (κ1) is 23.0. The predicted molar refractivity (Wildman–Crippen MR) is 126 cm³/mol. The number of rotatable bonds is 6. The van der Waals surface area contributed by atoms with E-state index in [1.807, 2.05) is 36.4 Å². The third-order valence-corrected chi connectivity index (χ3v) is 6.40. The predicted octanol–water partition coefficient (Wildman–Crippen LogP) is 4.89. The van der Waals surface area contributed by atoms with Gasteiger partial charge in [0, 0.05) is 24.5 Å². The number of hydrogen-bond acceptors (Lipinski definition) is 7. The Balaban J connectivity index is 1.62. The number of alkyl halides is 3. The molecule has 2 aromatic heterocycles. The van der Waals surface area contributed by atoms with E-state index < -0.39 is 12.0 Å². The van der Waals surface area contributed by atoms with Crippen molar-refractivity contribution in [1.29, 1.82) is 10.8 Å². The molecule has 1 aliphatic rings. The van der Waals surface area contributed by atoms with Crippen molar-refractivity contribution in [1.82, 2.24) is 14.9 Å². The summed E-state index contributed by atoms with van der Waals surface area (Å²) in [7, 11) is 0. The van der Waals surface area contributed by atoms with Crippen LogP contribution >= 0.6 is 11.3 Å². The average Bonchev–Trinajstić information content (AvgIpc) is 3.19. The minimum Gasteiger partial charge on any atom is -0.350 e. The van der Waals surface area contributed by atoms with Crippen LogP contribution in [0.15, 0.2) is 36.4 Å². The summed E-state index contributed by atoms with van der Waals surface area (Å²) in [4.78, 5) is 13.8. The maximum Gasteiger partial charge on any atom is 0.449 e. The van der Waals surface area contributed by atoms with Crippen LogP contribution in [0.3, 0.4) is 0 Å². The molecular formula is C22H24F3N7S. The number of aryl methyl sites for hydroxylation is 1. The second kappa shape index (κ2) is 9.34. The van der Waals surface area contributed by atoms with Gasteiger partial charge in [0.15, 0.2) is 0 Å². The number of anilines is 2. The molecule has 1 saturated heterocycles. The lowest BCUT2D eigenvalue weighted by Gasteiger charge is -2.37. The number of aromatic nitrogens is 2. The largest absolute Gasteiger partial charge is 0.449 e. The zero-order valence-electron chi connectivity index (χ0n) is 18.0. The Morgan fingerprint density at radius 1 is 1.18 bits per heavy atom. The molecule has 7 nitrogen and oxygen atoms in total. The summed E-state index contributed by atoms with van der Waals surface area (Å²) in [6.07, 6.45) is -2.90. The number of benzene rings is 1. The molecule has 0 radical (unpaired) electrons. The van der Waals surface area contributed by atoms with Gasteiger partial charge in [-0.15, -0.1) is 11.3 Å². The zero-order valence-corrected chi connectivity index (χ0v) is 18.9. The third-order valence-electron chi connectivity index (χ3n) is 5.31. The minimum absolute atomic E-state index is 0.0678. The molecule has 3 heterocycles. The van der Waals surface area contributed by atoms with Crippen LogP contribution in [0.5, 0.6) is 0 Å². The van der Waals surface area contributed by atoms with Gasteiger partial charge in [0.25, 0.3) is 0 Å². The first-order valence-corrected chi connectivity index (χ1v) is 11.4. The number of nitrogens with zero attached hydrogens (tertiary/aromatic N) is 4. The van der Waals surface area contributed by atoms with Gasteiger partial charge in [0.2, 0.25) is 11.8 Å². The molecule has 0 atom stereocenters. The van der Waals surface area contributed by atoms with E-state index in [1.165, 1.54) is 0 Å². The fourth-order valence-electron chi connectivity index (χ4n) is 3.70. The number of halogens is 3. The summed E-state index contributed by atoms with van der Waals surface area (Å²) >= 11 is 1.58. The van der Waals surface area contributed by atoms with Crippen molar-refractivity contribution >= 4 is 45.0 Å². The lowest BCUT2D eigenvalue weighted by atomic mass is 10.2. The fourth-order valence-corrected chi connectivity index (χ4v) is 4.83. The lowest BCUT2D eigenvalue weighted by molar-refractivity contribution is -0.0671. The molecule has 0 bridgehead atoms. The lowest BCUT2D eigenvalue weighted by Crippen LogP contribution is -2.55. The Labute approximate surface area is 193 Å². The van der Waals surface area contributed by atoms with Crippen molar-refractivity contribution < 1.29 is 13.2 Å². The van der Waals surface area contributed by atoms with Crippen molar-refractivity contribution in [2.24, 2.45) is 0 Å². The summed E-state index contributed by atoms with van der Waals surface area (Å²) in [6, 6.07) is 11.9. The summed E-state index contributed by atoms with van der Waals surface area (Å²) < 4.78 is 39.0. The maximum absolute atomic E-state index is 13.0. The smallest absolute Gasteiger partial charge is 0.350 e. The number of fused-ring (bicyclic) bond motifs is 1. The van der Waals surface area contributed by atoms with Gasteiger partial charge in [-0.1, -0.05) is 43.7 Å². The SMILES string of the molecule is CCCc1cc2c(N3CCN(C(=N)C(F)(F)F)C(=N)C3)nc(NCc3ccccc3)nc2s1.